The summed E-state index contributed by atoms with van der Waals surface area (Å²) in [5, 5.41) is 0. The molecular weight excluding hydrogens is 829 g/mol. The Balaban J connectivity index is 2.73. The normalized spacial score (nSPS) is 14.2. The van der Waals surface area contributed by atoms with Crippen molar-refractivity contribution in [1.29, 1.82) is 0 Å². The minimum Gasteiger partial charge on any atom is -0.341 e. The third-order valence-electron chi connectivity index (χ3n) is 16.0. The highest BCUT2D eigenvalue weighted by atomic mass is 16.2. The Morgan fingerprint density at radius 3 is 0.882 bits per heavy atom. The van der Waals surface area contributed by atoms with Crippen LogP contribution in [0, 0.1) is 5.92 Å². The highest BCUT2D eigenvalue weighted by Gasteiger charge is 2.27. The van der Waals surface area contributed by atoms with E-state index in [0.717, 1.165) is 32.7 Å². The zero-order valence-corrected chi connectivity index (χ0v) is 47.9. The maximum atomic E-state index is 14.1. The fourth-order valence-corrected chi connectivity index (χ4v) is 11.1. The van der Waals surface area contributed by atoms with Gasteiger partial charge in [0.2, 0.25) is 5.91 Å². The van der Waals surface area contributed by atoms with Crippen LogP contribution in [0.25, 0.3) is 0 Å². The van der Waals surface area contributed by atoms with Crippen LogP contribution in [-0.4, -0.2) is 97.5 Å². The van der Waals surface area contributed by atoms with Gasteiger partial charge in [0.1, 0.15) is 0 Å². The summed E-state index contributed by atoms with van der Waals surface area (Å²) >= 11 is 0. The van der Waals surface area contributed by atoms with E-state index in [4.69, 9.17) is 0 Å². The van der Waals surface area contributed by atoms with E-state index in [0.29, 0.717) is 18.4 Å². The van der Waals surface area contributed by atoms with Crippen LogP contribution in [0.5, 0.6) is 0 Å². The van der Waals surface area contributed by atoms with Crippen molar-refractivity contribution in [3.8, 4) is 0 Å². The van der Waals surface area contributed by atoms with Gasteiger partial charge in [-0.2, -0.15) is 0 Å². The standard InChI is InChI=1S/C63H128N4O/c1-6-11-16-21-26-28-30-31-33-38-42-45-52-64(51-44-41-37-32-29-27-22-17-12-7-2)56-49-62-50-57-67(60-62)63(68)61-66(55-48-43-36-25-20-15-10-5)59-58-65(53-46-39-34-23-18-13-8-3)54-47-40-35-24-19-14-9-4/h62H,6-61H2,1-5H3. The van der Waals surface area contributed by atoms with Crippen molar-refractivity contribution < 1.29 is 4.79 Å². The fraction of sp³-hybridized carbons (Fsp3) is 0.984. The number of hydrogen-bond donors (Lipinski definition) is 0. The molecule has 406 valence electrons. The third kappa shape index (κ3) is 43.0. The van der Waals surface area contributed by atoms with E-state index in [-0.39, 0.29) is 0 Å². The lowest BCUT2D eigenvalue weighted by atomic mass is 10.0. The van der Waals surface area contributed by atoms with Gasteiger partial charge in [-0.1, -0.05) is 279 Å². The predicted molar refractivity (Wildman–Crippen MR) is 306 cm³/mol. The minimum atomic E-state index is 0.417. The van der Waals surface area contributed by atoms with Gasteiger partial charge < -0.3 is 14.7 Å². The molecule has 0 bridgehead atoms. The largest absolute Gasteiger partial charge is 0.341 e. The van der Waals surface area contributed by atoms with E-state index >= 15 is 0 Å². The molecule has 0 radical (unpaired) electrons. The maximum absolute atomic E-state index is 14.1. The number of hydrogen-bond acceptors (Lipinski definition) is 4. The molecular formula is C63H128N4O. The molecule has 1 amide bonds. The van der Waals surface area contributed by atoms with Crippen LogP contribution >= 0.6 is 0 Å². The summed E-state index contributed by atoms with van der Waals surface area (Å²) in [5.74, 6) is 1.09. The first kappa shape index (κ1) is 65.4. The van der Waals surface area contributed by atoms with Gasteiger partial charge in [-0.3, -0.25) is 9.69 Å². The van der Waals surface area contributed by atoms with Gasteiger partial charge in [-0.15, -0.1) is 0 Å². The van der Waals surface area contributed by atoms with E-state index < -0.39 is 0 Å². The zero-order valence-electron chi connectivity index (χ0n) is 47.9. The Labute approximate surface area is 430 Å². The predicted octanol–water partition coefficient (Wildman–Crippen LogP) is 19.0. The first-order chi connectivity index (χ1) is 33.6. The lowest BCUT2D eigenvalue weighted by Crippen LogP contribution is -2.43. The number of carbonyl (C=O) groups excluding carboxylic acids is 1. The van der Waals surface area contributed by atoms with E-state index in [1.54, 1.807) is 0 Å². The van der Waals surface area contributed by atoms with Gasteiger partial charge >= 0.3 is 0 Å². The average molecular weight is 958 g/mol. The first-order valence-corrected chi connectivity index (χ1v) is 32.0. The van der Waals surface area contributed by atoms with Crippen molar-refractivity contribution >= 4 is 5.91 Å². The smallest absolute Gasteiger partial charge is 0.236 e. The summed E-state index contributed by atoms with van der Waals surface area (Å²) < 4.78 is 0. The Morgan fingerprint density at radius 2 is 0.574 bits per heavy atom. The second-order valence-corrected chi connectivity index (χ2v) is 22.7. The summed E-state index contributed by atoms with van der Waals surface area (Å²) in [4.78, 5) is 24.7. The Morgan fingerprint density at radius 1 is 0.324 bits per heavy atom. The van der Waals surface area contributed by atoms with Crippen LogP contribution < -0.4 is 0 Å². The molecule has 5 nitrogen and oxygen atoms in total. The second-order valence-electron chi connectivity index (χ2n) is 22.7. The first-order valence-electron chi connectivity index (χ1n) is 32.0. The SMILES string of the molecule is CCCCCCCCCCCCCCN(CCCCCCCCCCCC)CCC1CCN(C(=O)CN(CCCCCCCCC)CCN(CCCCCCCCC)CCCCCCCCC)C1. The Hall–Kier alpha value is -0.650. The summed E-state index contributed by atoms with van der Waals surface area (Å²) in [7, 11) is 0. The van der Waals surface area contributed by atoms with Gasteiger partial charge in [-0.05, 0) is 90.1 Å². The van der Waals surface area contributed by atoms with Crippen LogP contribution in [0.15, 0.2) is 0 Å². The molecule has 0 aliphatic carbocycles. The molecule has 1 saturated heterocycles. The topological polar surface area (TPSA) is 30.0 Å². The number of likely N-dealkylation sites (tertiary alicyclic amines) is 1. The molecule has 1 heterocycles. The Bertz CT molecular complexity index is 972. The minimum absolute atomic E-state index is 0.417. The van der Waals surface area contributed by atoms with Gasteiger partial charge in [0.05, 0.1) is 6.54 Å². The van der Waals surface area contributed by atoms with E-state index in [1.807, 2.05) is 0 Å². The summed E-state index contributed by atoms with van der Waals surface area (Å²) in [6.45, 7) is 23.8. The second kappa shape index (κ2) is 52.7. The maximum Gasteiger partial charge on any atom is 0.236 e. The third-order valence-corrected chi connectivity index (χ3v) is 16.0. The molecule has 1 unspecified atom stereocenters. The number of carbonyl (C=O) groups is 1. The van der Waals surface area contributed by atoms with Crippen molar-refractivity contribution in [2.75, 3.05) is 72.0 Å². The quantitative estimate of drug-likeness (QED) is 0.0568. The average Bonchev–Trinajstić information content (AvgIpc) is 3.83. The molecule has 0 aromatic heterocycles. The fourth-order valence-electron chi connectivity index (χ4n) is 11.1. The molecule has 1 aliphatic heterocycles. The van der Waals surface area contributed by atoms with E-state index in [9.17, 15) is 4.79 Å². The van der Waals surface area contributed by atoms with Crippen molar-refractivity contribution in [2.45, 2.75) is 324 Å². The molecule has 1 aliphatic rings. The lowest BCUT2D eigenvalue weighted by Gasteiger charge is -2.29. The molecule has 1 fully saturated rings. The molecule has 0 N–H and O–H groups in total. The van der Waals surface area contributed by atoms with Crippen LogP contribution in [0.1, 0.15) is 324 Å². The van der Waals surface area contributed by atoms with Crippen molar-refractivity contribution in [3.05, 3.63) is 0 Å². The van der Waals surface area contributed by atoms with Gasteiger partial charge in [-0.25, -0.2) is 0 Å². The van der Waals surface area contributed by atoms with Gasteiger partial charge in [0, 0.05) is 26.2 Å². The molecule has 0 aromatic carbocycles. The van der Waals surface area contributed by atoms with Crippen LogP contribution in [0.2, 0.25) is 0 Å². The lowest BCUT2D eigenvalue weighted by molar-refractivity contribution is -0.131. The van der Waals surface area contributed by atoms with Crippen LogP contribution in [0.4, 0.5) is 0 Å². The monoisotopic (exact) mass is 957 g/mol. The van der Waals surface area contributed by atoms with Crippen molar-refractivity contribution in [2.24, 2.45) is 5.92 Å². The Kier molecular flexibility index (Phi) is 50.6. The van der Waals surface area contributed by atoms with Crippen LogP contribution in [0.3, 0.4) is 0 Å². The number of unbranched alkanes of at least 4 members (excludes halogenated alkanes) is 38. The highest BCUT2D eigenvalue weighted by Crippen LogP contribution is 2.22. The molecule has 68 heavy (non-hydrogen) atoms. The summed E-state index contributed by atoms with van der Waals surface area (Å²) in [6, 6.07) is 0. The van der Waals surface area contributed by atoms with Gasteiger partial charge in [0.15, 0.2) is 0 Å². The van der Waals surface area contributed by atoms with Crippen LogP contribution in [-0.2, 0) is 4.79 Å². The van der Waals surface area contributed by atoms with Crippen molar-refractivity contribution in [1.82, 2.24) is 19.6 Å². The number of amides is 1. The summed E-state index contributed by atoms with van der Waals surface area (Å²) in [5.41, 5.74) is 0. The number of nitrogens with zero attached hydrogens (tertiary/aromatic N) is 4. The zero-order chi connectivity index (χ0) is 49.1. The molecule has 0 saturated carbocycles. The molecule has 5 heteroatoms. The van der Waals surface area contributed by atoms with E-state index in [2.05, 4.69) is 54.2 Å². The van der Waals surface area contributed by atoms with Gasteiger partial charge in [0.25, 0.3) is 0 Å². The van der Waals surface area contributed by atoms with E-state index in [1.165, 1.54) is 322 Å². The molecule has 0 spiro atoms. The molecule has 1 rings (SSSR count). The molecule has 1 atom stereocenters. The highest BCUT2D eigenvalue weighted by molar-refractivity contribution is 5.78. The van der Waals surface area contributed by atoms with Crippen molar-refractivity contribution in [3.63, 3.8) is 0 Å². The summed E-state index contributed by atoms with van der Waals surface area (Å²) in [6.07, 6.45) is 62.5. The molecule has 0 aromatic rings. The number of rotatable bonds is 56.